The van der Waals surface area contributed by atoms with Gasteiger partial charge in [0.2, 0.25) is 0 Å². The average molecular weight is 219 g/mol. The van der Waals surface area contributed by atoms with E-state index in [9.17, 15) is 0 Å². The third kappa shape index (κ3) is 3.58. The van der Waals surface area contributed by atoms with Crippen LogP contribution in [0.2, 0.25) is 0 Å². The SMILES string of the molecule is CC1CN(CCCNCc2cccnc2)C1. The molecule has 0 atom stereocenters. The number of nitrogens with zero attached hydrogens (tertiary/aromatic N) is 2. The number of likely N-dealkylation sites (tertiary alicyclic amines) is 1. The van der Waals surface area contributed by atoms with E-state index in [0.29, 0.717) is 0 Å². The molecule has 1 fully saturated rings. The predicted octanol–water partition coefficient (Wildman–Crippen LogP) is 1.51. The summed E-state index contributed by atoms with van der Waals surface area (Å²) in [7, 11) is 0. The molecule has 3 heteroatoms. The molecule has 1 N–H and O–H groups in total. The zero-order valence-corrected chi connectivity index (χ0v) is 10.0. The third-order valence-electron chi connectivity index (χ3n) is 3.02. The van der Waals surface area contributed by atoms with E-state index in [1.807, 2.05) is 18.5 Å². The third-order valence-corrected chi connectivity index (χ3v) is 3.02. The molecule has 0 amide bonds. The Hall–Kier alpha value is -0.930. The summed E-state index contributed by atoms with van der Waals surface area (Å²) in [5, 5.41) is 3.45. The van der Waals surface area contributed by atoms with Gasteiger partial charge in [-0.15, -0.1) is 0 Å². The highest BCUT2D eigenvalue weighted by atomic mass is 15.2. The highest BCUT2D eigenvalue weighted by Gasteiger charge is 2.20. The summed E-state index contributed by atoms with van der Waals surface area (Å²) in [5.41, 5.74) is 1.26. The molecule has 1 aliphatic rings. The minimum absolute atomic E-state index is 0.920. The van der Waals surface area contributed by atoms with Gasteiger partial charge in [-0.25, -0.2) is 0 Å². The summed E-state index contributed by atoms with van der Waals surface area (Å²) in [6.07, 6.45) is 4.98. The lowest BCUT2D eigenvalue weighted by molar-refractivity contribution is 0.112. The minimum Gasteiger partial charge on any atom is -0.313 e. The molecule has 1 aromatic heterocycles. The summed E-state index contributed by atoms with van der Waals surface area (Å²) in [5.74, 6) is 0.920. The molecule has 3 nitrogen and oxygen atoms in total. The molecule has 1 aliphatic heterocycles. The number of rotatable bonds is 6. The Morgan fingerprint density at radius 3 is 3.06 bits per heavy atom. The fourth-order valence-electron chi connectivity index (χ4n) is 2.17. The standard InChI is InChI=1S/C13H21N3/c1-12-10-16(11-12)7-3-6-15-9-13-4-2-5-14-8-13/h2,4-5,8,12,15H,3,6-7,9-11H2,1H3. The molecule has 0 spiro atoms. The van der Waals surface area contributed by atoms with Crippen molar-refractivity contribution in [2.45, 2.75) is 19.9 Å². The summed E-state index contributed by atoms with van der Waals surface area (Å²) < 4.78 is 0. The average Bonchev–Trinajstić information content (AvgIpc) is 2.27. The van der Waals surface area contributed by atoms with Crippen LogP contribution in [0.5, 0.6) is 0 Å². The first kappa shape index (κ1) is 11.6. The van der Waals surface area contributed by atoms with Crippen LogP contribution in [0.15, 0.2) is 24.5 Å². The monoisotopic (exact) mass is 219 g/mol. The molecule has 0 saturated carbocycles. The first-order valence-corrected chi connectivity index (χ1v) is 6.16. The van der Waals surface area contributed by atoms with Crippen molar-refractivity contribution < 1.29 is 0 Å². The second kappa shape index (κ2) is 5.97. The molecular formula is C13H21N3. The largest absolute Gasteiger partial charge is 0.313 e. The van der Waals surface area contributed by atoms with Gasteiger partial charge in [0.15, 0.2) is 0 Å². The van der Waals surface area contributed by atoms with E-state index in [2.05, 4.69) is 28.2 Å². The maximum Gasteiger partial charge on any atom is 0.0312 e. The van der Waals surface area contributed by atoms with Gasteiger partial charge < -0.3 is 10.2 Å². The van der Waals surface area contributed by atoms with E-state index >= 15 is 0 Å². The quantitative estimate of drug-likeness (QED) is 0.735. The Bertz CT molecular complexity index is 293. The van der Waals surface area contributed by atoms with E-state index in [1.165, 1.54) is 31.6 Å². The minimum atomic E-state index is 0.920. The molecule has 0 unspecified atom stereocenters. The number of aromatic nitrogens is 1. The fraction of sp³-hybridized carbons (Fsp3) is 0.615. The zero-order valence-electron chi connectivity index (χ0n) is 10.0. The molecule has 88 valence electrons. The molecule has 0 bridgehead atoms. The second-order valence-corrected chi connectivity index (χ2v) is 4.76. The number of nitrogens with one attached hydrogen (secondary N) is 1. The maximum absolute atomic E-state index is 4.09. The fourth-order valence-corrected chi connectivity index (χ4v) is 2.17. The van der Waals surface area contributed by atoms with Crippen LogP contribution < -0.4 is 5.32 Å². The molecular weight excluding hydrogens is 198 g/mol. The van der Waals surface area contributed by atoms with Crippen molar-refractivity contribution in [2.75, 3.05) is 26.2 Å². The Labute approximate surface area is 97.9 Å². The molecule has 1 aromatic rings. The zero-order chi connectivity index (χ0) is 11.2. The Morgan fingerprint density at radius 2 is 2.38 bits per heavy atom. The lowest BCUT2D eigenvalue weighted by Crippen LogP contribution is -2.45. The smallest absolute Gasteiger partial charge is 0.0312 e. The number of hydrogen-bond acceptors (Lipinski definition) is 3. The van der Waals surface area contributed by atoms with Crippen molar-refractivity contribution in [3.63, 3.8) is 0 Å². The number of hydrogen-bond donors (Lipinski definition) is 1. The normalized spacial score (nSPS) is 17.3. The maximum atomic E-state index is 4.09. The molecule has 0 radical (unpaired) electrons. The van der Waals surface area contributed by atoms with Crippen LogP contribution in [-0.4, -0.2) is 36.1 Å². The highest BCUT2D eigenvalue weighted by Crippen LogP contribution is 2.13. The first-order chi connectivity index (χ1) is 7.84. The van der Waals surface area contributed by atoms with E-state index in [-0.39, 0.29) is 0 Å². The van der Waals surface area contributed by atoms with E-state index in [4.69, 9.17) is 0 Å². The van der Waals surface area contributed by atoms with Crippen LogP contribution in [0.25, 0.3) is 0 Å². The topological polar surface area (TPSA) is 28.2 Å². The molecule has 0 aromatic carbocycles. The van der Waals surface area contributed by atoms with Crippen molar-refractivity contribution in [2.24, 2.45) is 5.92 Å². The van der Waals surface area contributed by atoms with Gasteiger partial charge in [-0.05, 0) is 37.1 Å². The predicted molar refractivity (Wildman–Crippen MR) is 66.2 cm³/mol. The lowest BCUT2D eigenvalue weighted by Gasteiger charge is -2.37. The molecule has 2 heterocycles. The van der Waals surface area contributed by atoms with Crippen molar-refractivity contribution >= 4 is 0 Å². The summed E-state index contributed by atoms with van der Waals surface area (Å²) in [4.78, 5) is 6.62. The van der Waals surface area contributed by atoms with Gasteiger partial charge in [-0.1, -0.05) is 13.0 Å². The van der Waals surface area contributed by atoms with Gasteiger partial charge in [0, 0.05) is 32.0 Å². The van der Waals surface area contributed by atoms with Gasteiger partial charge in [-0.2, -0.15) is 0 Å². The molecule has 0 aliphatic carbocycles. The van der Waals surface area contributed by atoms with E-state index in [0.717, 1.165) is 19.0 Å². The van der Waals surface area contributed by atoms with E-state index in [1.54, 1.807) is 0 Å². The molecule has 16 heavy (non-hydrogen) atoms. The van der Waals surface area contributed by atoms with Gasteiger partial charge in [0.05, 0.1) is 0 Å². The van der Waals surface area contributed by atoms with Gasteiger partial charge >= 0.3 is 0 Å². The summed E-state index contributed by atoms with van der Waals surface area (Å²) in [6, 6.07) is 4.09. The van der Waals surface area contributed by atoms with Crippen molar-refractivity contribution in [3.05, 3.63) is 30.1 Å². The van der Waals surface area contributed by atoms with Gasteiger partial charge in [0.25, 0.3) is 0 Å². The van der Waals surface area contributed by atoms with Crippen LogP contribution in [0.4, 0.5) is 0 Å². The number of pyridine rings is 1. The van der Waals surface area contributed by atoms with Crippen LogP contribution in [0.1, 0.15) is 18.9 Å². The highest BCUT2D eigenvalue weighted by molar-refractivity contribution is 5.07. The van der Waals surface area contributed by atoms with Crippen molar-refractivity contribution in [1.29, 1.82) is 0 Å². The van der Waals surface area contributed by atoms with Crippen molar-refractivity contribution in [1.82, 2.24) is 15.2 Å². The lowest BCUT2D eigenvalue weighted by atomic mass is 10.0. The van der Waals surface area contributed by atoms with Crippen molar-refractivity contribution in [3.8, 4) is 0 Å². The van der Waals surface area contributed by atoms with Crippen LogP contribution >= 0.6 is 0 Å². The van der Waals surface area contributed by atoms with Crippen LogP contribution in [-0.2, 0) is 6.54 Å². The van der Waals surface area contributed by atoms with Crippen LogP contribution in [0.3, 0.4) is 0 Å². The first-order valence-electron chi connectivity index (χ1n) is 6.16. The Morgan fingerprint density at radius 1 is 1.50 bits per heavy atom. The summed E-state index contributed by atoms with van der Waals surface area (Å²) >= 11 is 0. The Kier molecular flexibility index (Phi) is 4.31. The second-order valence-electron chi connectivity index (χ2n) is 4.76. The van der Waals surface area contributed by atoms with Crippen LogP contribution in [0, 0.1) is 5.92 Å². The molecule has 1 saturated heterocycles. The Balaban J connectivity index is 1.49. The van der Waals surface area contributed by atoms with Gasteiger partial charge in [0.1, 0.15) is 0 Å². The van der Waals surface area contributed by atoms with Gasteiger partial charge in [-0.3, -0.25) is 4.98 Å². The van der Waals surface area contributed by atoms with E-state index < -0.39 is 0 Å². The molecule has 2 rings (SSSR count). The summed E-state index contributed by atoms with van der Waals surface area (Å²) in [6.45, 7) is 8.18.